The molecule has 1 fully saturated rings. The summed E-state index contributed by atoms with van der Waals surface area (Å²) >= 11 is 0. The van der Waals surface area contributed by atoms with Crippen molar-refractivity contribution in [1.29, 1.82) is 0 Å². The summed E-state index contributed by atoms with van der Waals surface area (Å²) in [4.78, 5) is 11.1. The van der Waals surface area contributed by atoms with E-state index in [1.54, 1.807) is 0 Å². The maximum Gasteiger partial charge on any atom is 0.508 e. The minimum atomic E-state index is -4.34. The van der Waals surface area contributed by atoms with E-state index in [-0.39, 0.29) is 6.10 Å². The van der Waals surface area contributed by atoms with Crippen LogP contribution in [0.4, 0.5) is 4.79 Å². The standard InChI is InChI=1S/C9H16O6S/c10-9(14-6-7-16(11,12)13)15-8-4-2-1-3-5-8/h8H,1-7H2,(H,11,12,13)/p-1. The van der Waals surface area contributed by atoms with Crippen LogP contribution in [-0.4, -0.2) is 37.6 Å². The Bertz CT molecular complexity index is 317. The van der Waals surface area contributed by atoms with Gasteiger partial charge in [0.15, 0.2) is 0 Å². The molecule has 0 heterocycles. The minimum absolute atomic E-state index is 0.134. The smallest absolute Gasteiger partial charge is 0.508 e. The SMILES string of the molecule is O=C(OCCS(=O)(=O)[O-])OC1CCCCC1. The second-order valence-electron chi connectivity index (χ2n) is 3.74. The summed E-state index contributed by atoms with van der Waals surface area (Å²) in [5.74, 6) is -0.716. The summed E-state index contributed by atoms with van der Waals surface area (Å²) in [6.07, 6.45) is 3.79. The van der Waals surface area contributed by atoms with E-state index in [0.29, 0.717) is 0 Å². The molecular weight excluding hydrogens is 236 g/mol. The van der Waals surface area contributed by atoms with Crippen molar-refractivity contribution in [3.63, 3.8) is 0 Å². The van der Waals surface area contributed by atoms with Gasteiger partial charge in [0.2, 0.25) is 0 Å². The molecule has 0 aromatic carbocycles. The van der Waals surface area contributed by atoms with Gasteiger partial charge in [-0.3, -0.25) is 0 Å². The number of carbonyl (C=O) groups excluding carboxylic acids is 1. The predicted molar refractivity (Wildman–Crippen MR) is 53.9 cm³/mol. The first-order chi connectivity index (χ1) is 7.47. The molecule has 0 spiro atoms. The monoisotopic (exact) mass is 251 g/mol. The van der Waals surface area contributed by atoms with Gasteiger partial charge in [-0.1, -0.05) is 6.42 Å². The number of carbonyl (C=O) groups is 1. The summed E-state index contributed by atoms with van der Waals surface area (Å²) in [6.45, 7) is -0.447. The van der Waals surface area contributed by atoms with Crippen molar-refractivity contribution < 1.29 is 27.2 Å². The summed E-state index contributed by atoms with van der Waals surface area (Å²) in [5.41, 5.74) is 0. The Morgan fingerprint density at radius 1 is 1.25 bits per heavy atom. The van der Waals surface area contributed by atoms with Crippen LogP contribution in [0.5, 0.6) is 0 Å². The molecule has 16 heavy (non-hydrogen) atoms. The molecule has 0 unspecified atom stereocenters. The van der Waals surface area contributed by atoms with Crippen molar-refractivity contribution in [2.45, 2.75) is 38.2 Å². The molecule has 1 aliphatic carbocycles. The zero-order valence-electron chi connectivity index (χ0n) is 8.88. The highest BCUT2D eigenvalue weighted by Crippen LogP contribution is 2.20. The Morgan fingerprint density at radius 3 is 2.44 bits per heavy atom. The highest BCUT2D eigenvalue weighted by Gasteiger charge is 2.18. The van der Waals surface area contributed by atoms with E-state index in [4.69, 9.17) is 4.74 Å². The third-order valence-corrected chi connectivity index (χ3v) is 3.04. The van der Waals surface area contributed by atoms with Crippen molar-refractivity contribution in [2.75, 3.05) is 12.4 Å². The molecule has 0 aromatic rings. The molecule has 0 atom stereocenters. The molecule has 0 bridgehead atoms. The molecule has 0 aromatic heterocycles. The molecule has 1 aliphatic rings. The number of hydrogen-bond acceptors (Lipinski definition) is 6. The molecule has 0 aliphatic heterocycles. The first kappa shape index (κ1) is 13.2. The molecule has 0 N–H and O–H groups in total. The minimum Gasteiger partial charge on any atom is -0.748 e. The lowest BCUT2D eigenvalue weighted by Gasteiger charge is -2.21. The van der Waals surface area contributed by atoms with Crippen LogP contribution in [-0.2, 0) is 19.6 Å². The number of rotatable bonds is 4. The maximum absolute atomic E-state index is 11.1. The number of ether oxygens (including phenoxy) is 2. The molecular formula is C9H15O6S-. The average molecular weight is 251 g/mol. The third-order valence-electron chi connectivity index (χ3n) is 2.37. The Hall–Kier alpha value is -0.820. The van der Waals surface area contributed by atoms with Crippen molar-refractivity contribution >= 4 is 16.3 Å². The lowest BCUT2D eigenvalue weighted by atomic mass is 9.98. The topological polar surface area (TPSA) is 92.7 Å². The molecule has 1 rings (SSSR count). The van der Waals surface area contributed by atoms with Crippen LogP contribution >= 0.6 is 0 Å². The predicted octanol–water partition coefficient (Wildman–Crippen LogP) is 1.02. The van der Waals surface area contributed by atoms with E-state index in [1.807, 2.05) is 0 Å². The van der Waals surface area contributed by atoms with Gasteiger partial charge in [-0.25, -0.2) is 13.2 Å². The van der Waals surface area contributed by atoms with Gasteiger partial charge in [0, 0.05) is 0 Å². The van der Waals surface area contributed by atoms with Crippen molar-refractivity contribution in [3.8, 4) is 0 Å². The van der Waals surface area contributed by atoms with E-state index in [9.17, 15) is 17.8 Å². The fourth-order valence-electron chi connectivity index (χ4n) is 1.58. The Balaban J connectivity index is 2.15. The maximum atomic E-state index is 11.1. The second kappa shape index (κ2) is 6.05. The Labute approximate surface area is 94.7 Å². The van der Waals surface area contributed by atoms with Crippen LogP contribution < -0.4 is 0 Å². The van der Waals surface area contributed by atoms with Crippen LogP contribution in [0, 0.1) is 0 Å². The summed E-state index contributed by atoms with van der Waals surface area (Å²) < 4.78 is 40.1. The largest absolute Gasteiger partial charge is 0.748 e. The normalized spacial score (nSPS) is 18.1. The highest BCUT2D eigenvalue weighted by molar-refractivity contribution is 7.85. The Kier molecular flexibility index (Phi) is 5.01. The van der Waals surface area contributed by atoms with Gasteiger partial charge in [-0.05, 0) is 25.7 Å². The molecule has 1 saturated carbocycles. The van der Waals surface area contributed by atoms with Crippen LogP contribution in [0.3, 0.4) is 0 Å². The summed E-state index contributed by atoms with van der Waals surface area (Å²) in [6, 6.07) is 0. The highest BCUT2D eigenvalue weighted by atomic mass is 32.2. The number of hydrogen-bond donors (Lipinski definition) is 0. The van der Waals surface area contributed by atoms with Gasteiger partial charge < -0.3 is 14.0 Å². The Morgan fingerprint density at radius 2 is 1.88 bits per heavy atom. The second-order valence-corrected chi connectivity index (χ2v) is 5.26. The van der Waals surface area contributed by atoms with E-state index < -0.39 is 28.6 Å². The molecule has 94 valence electrons. The fourth-order valence-corrected chi connectivity index (χ4v) is 1.87. The van der Waals surface area contributed by atoms with E-state index in [2.05, 4.69) is 4.74 Å². The van der Waals surface area contributed by atoms with Crippen molar-refractivity contribution in [1.82, 2.24) is 0 Å². The summed E-state index contributed by atoms with van der Waals surface area (Å²) in [5, 5.41) is 0. The van der Waals surface area contributed by atoms with Gasteiger partial charge >= 0.3 is 6.16 Å². The van der Waals surface area contributed by atoms with E-state index in [1.165, 1.54) is 0 Å². The first-order valence-electron chi connectivity index (χ1n) is 5.24. The van der Waals surface area contributed by atoms with Crippen LogP contribution in [0.15, 0.2) is 0 Å². The third kappa shape index (κ3) is 5.92. The van der Waals surface area contributed by atoms with Gasteiger partial charge in [-0.2, -0.15) is 0 Å². The van der Waals surface area contributed by atoms with E-state index in [0.717, 1.165) is 32.1 Å². The van der Waals surface area contributed by atoms with Crippen LogP contribution in [0.1, 0.15) is 32.1 Å². The van der Waals surface area contributed by atoms with Gasteiger partial charge in [0.1, 0.15) is 12.7 Å². The van der Waals surface area contributed by atoms with Crippen LogP contribution in [0.25, 0.3) is 0 Å². The zero-order valence-corrected chi connectivity index (χ0v) is 9.70. The van der Waals surface area contributed by atoms with Gasteiger partial charge in [-0.15, -0.1) is 0 Å². The molecule has 6 nitrogen and oxygen atoms in total. The molecule has 0 amide bonds. The quantitative estimate of drug-likeness (QED) is 0.547. The first-order valence-corrected chi connectivity index (χ1v) is 6.82. The lowest BCUT2D eigenvalue weighted by molar-refractivity contribution is 0.0140. The lowest BCUT2D eigenvalue weighted by Crippen LogP contribution is -2.23. The van der Waals surface area contributed by atoms with Gasteiger partial charge in [0.25, 0.3) is 0 Å². The molecule has 0 saturated heterocycles. The van der Waals surface area contributed by atoms with Crippen molar-refractivity contribution in [2.24, 2.45) is 0 Å². The zero-order chi connectivity index (χ0) is 12.0. The van der Waals surface area contributed by atoms with Crippen molar-refractivity contribution in [3.05, 3.63) is 0 Å². The summed E-state index contributed by atoms with van der Waals surface area (Å²) in [7, 11) is -4.34. The van der Waals surface area contributed by atoms with E-state index >= 15 is 0 Å². The molecule has 0 radical (unpaired) electrons. The van der Waals surface area contributed by atoms with Gasteiger partial charge in [0.05, 0.1) is 15.9 Å². The van der Waals surface area contributed by atoms with Crippen LogP contribution in [0.2, 0.25) is 0 Å². The fraction of sp³-hybridized carbons (Fsp3) is 0.889. The molecule has 7 heteroatoms. The average Bonchev–Trinajstić information content (AvgIpc) is 2.17.